The first-order chi connectivity index (χ1) is 14.7. The Hall–Kier alpha value is -1.94. The van der Waals surface area contributed by atoms with Crippen molar-refractivity contribution in [2.24, 2.45) is 0 Å². The minimum atomic E-state index is 0.173. The Balaban J connectivity index is 1.55. The lowest BCUT2D eigenvalue weighted by atomic mass is 9.84. The molecule has 0 spiro atoms. The van der Waals surface area contributed by atoms with Crippen molar-refractivity contribution in [3.05, 3.63) is 64.1 Å². The number of rotatable bonds is 5. The lowest BCUT2D eigenvalue weighted by molar-refractivity contribution is -0.429. The predicted octanol–water partition coefficient (Wildman–Crippen LogP) is 6.59. The highest BCUT2D eigenvalue weighted by Gasteiger charge is 2.22. The third-order valence-corrected chi connectivity index (χ3v) is 7.02. The van der Waals surface area contributed by atoms with Crippen molar-refractivity contribution in [3.63, 3.8) is 0 Å². The highest BCUT2D eigenvalue weighted by Crippen LogP contribution is 2.32. The zero-order chi connectivity index (χ0) is 20.8. The molecule has 0 unspecified atom stereocenters. The number of nitrogens with zero attached hydrogens (tertiary/aromatic N) is 1. The third kappa shape index (κ3) is 5.40. The minimum absolute atomic E-state index is 0.173. The number of hydrogen-bond donors (Lipinski definition) is 1. The second-order valence-corrected chi connectivity index (χ2v) is 9.54. The van der Waals surface area contributed by atoms with E-state index in [9.17, 15) is 4.79 Å². The van der Waals surface area contributed by atoms with Gasteiger partial charge in [0.1, 0.15) is 5.69 Å². The molecule has 0 bridgehead atoms. The summed E-state index contributed by atoms with van der Waals surface area (Å²) in [7, 11) is 0. The molecule has 1 saturated carbocycles. The van der Waals surface area contributed by atoms with E-state index in [1.807, 2.05) is 24.3 Å². The smallest absolute Gasteiger partial charge is 0.250 e. The first-order valence-corrected chi connectivity index (χ1v) is 12.3. The van der Waals surface area contributed by atoms with Crippen LogP contribution in [0.3, 0.4) is 0 Å². The van der Waals surface area contributed by atoms with Gasteiger partial charge in [-0.3, -0.25) is 10.1 Å². The quantitative estimate of drug-likeness (QED) is 0.397. The molecule has 2 aliphatic rings. The maximum Gasteiger partial charge on any atom is 0.250 e. The molecule has 0 amide bonds. The van der Waals surface area contributed by atoms with Gasteiger partial charge in [-0.05, 0) is 67.9 Å². The lowest BCUT2D eigenvalue weighted by Crippen LogP contribution is -2.33. The fraction of sp³-hybridized carbons (Fsp3) is 0.462. The Morgan fingerprint density at radius 1 is 0.900 bits per heavy atom. The van der Waals surface area contributed by atoms with E-state index in [0.29, 0.717) is 12.5 Å². The number of amidine groups is 1. The van der Waals surface area contributed by atoms with E-state index in [0.717, 1.165) is 28.7 Å². The molecule has 0 atom stereocenters. The number of carbonyl (C=O) groups excluding carboxylic acids is 1. The Labute approximate surface area is 188 Å². The standard InChI is InChI=1S/C26H31BrN2O/c27-23-14-16-24(17-15-23)29(26-9-5-2-6-18-28-26)19-25(30)22-12-10-21(11-13-22)20-7-3-1-4-8-20/h10-17,20H,1-9,18-19H2/p+1. The molecule has 2 fully saturated rings. The van der Waals surface area contributed by atoms with Crippen LogP contribution in [0.15, 0.2) is 53.0 Å². The summed E-state index contributed by atoms with van der Waals surface area (Å²) in [5, 5.41) is 3.58. The second-order valence-electron chi connectivity index (χ2n) is 8.63. The SMILES string of the molecule is O=C(C[N+](=C1CCCCCN1)c1ccc(Br)cc1)c1ccc(C2CCCCC2)cc1. The predicted molar refractivity (Wildman–Crippen MR) is 127 cm³/mol. The van der Waals surface area contributed by atoms with Gasteiger partial charge in [0.15, 0.2) is 6.54 Å². The van der Waals surface area contributed by atoms with E-state index in [1.54, 1.807) is 0 Å². The van der Waals surface area contributed by atoms with Crippen LogP contribution in [0.5, 0.6) is 0 Å². The molecule has 0 aromatic heterocycles. The molecule has 1 aliphatic carbocycles. The summed E-state index contributed by atoms with van der Waals surface area (Å²) in [5.74, 6) is 2.02. The highest BCUT2D eigenvalue weighted by atomic mass is 79.9. The Morgan fingerprint density at radius 3 is 2.33 bits per heavy atom. The van der Waals surface area contributed by atoms with Crippen LogP contribution in [0.4, 0.5) is 5.69 Å². The summed E-state index contributed by atoms with van der Waals surface area (Å²) >= 11 is 3.52. The molecule has 1 saturated heterocycles. The molecule has 1 heterocycles. The Kier molecular flexibility index (Phi) is 7.37. The van der Waals surface area contributed by atoms with E-state index in [2.05, 4.69) is 50.1 Å². The maximum absolute atomic E-state index is 13.2. The number of halogens is 1. The largest absolute Gasteiger partial charge is 0.290 e. The summed E-state index contributed by atoms with van der Waals surface area (Å²) in [6, 6.07) is 16.7. The fourth-order valence-corrected chi connectivity index (χ4v) is 4.99. The molecule has 2 aromatic rings. The van der Waals surface area contributed by atoms with Gasteiger partial charge in [0.2, 0.25) is 11.6 Å². The van der Waals surface area contributed by atoms with Gasteiger partial charge < -0.3 is 0 Å². The van der Waals surface area contributed by atoms with Crippen LogP contribution in [0.25, 0.3) is 0 Å². The van der Waals surface area contributed by atoms with Gasteiger partial charge in [-0.2, -0.15) is 0 Å². The third-order valence-electron chi connectivity index (χ3n) is 6.49. The summed E-state index contributed by atoms with van der Waals surface area (Å²) in [6.45, 7) is 1.35. The van der Waals surface area contributed by atoms with Crippen molar-refractivity contribution < 1.29 is 9.37 Å². The number of hydrogen-bond acceptors (Lipinski definition) is 1. The van der Waals surface area contributed by atoms with Gasteiger partial charge in [-0.15, -0.1) is 0 Å². The van der Waals surface area contributed by atoms with Gasteiger partial charge in [0.05, 0.1) is 6.54 Å². The lowest BCUT2D eigenvalue weighted by Gasteiger charge is -2.22. The van der Waals surface area contributed by atoms with E-state index < -0.39 is 0 Å². The van der Waals surface area contributed by atoms with Crippen LogP contribution in [0, 0.1) is 0 Å². The van der Waals surface area contributed by atoms with Crippen molar-refractivity contribution in [1.29, 1.82) is 0 Å². The van der Waals surface area contributed by atoms with Crippen molar-refractivity contribution in [3.8, 4) is 0 Å². The number of carbonyl (C=O) groups is 1. The minimum Gasteiger partial charge on any atom is -0.290 e. The molecule has 1 aliphatic heterocycles. The van der Waals surface area contributed by atoms with Crippen LogP contribution in [0.1, 0.15) is 79.6 Å². The molecule has 158 valence electrons. The molecule has 4 rings (SSSR count). The number of ketones is 1. The zero-order valence-electron chi connectivity index (χ0n) is 17.7. The number of Topliss-reactive ketones (excluding diaryl/α,β-unsaturated/α-hetero) is 1. The van der Waals surface area contributed by atoms with E-state index in [4.69, 9.17) is 0 Å². The molecule has 30 heavy (non-hydrogen) atoms. The molecule has 1 N–H and O–H groups in total. The van der Waals surface area contributed by atoms with Gasteiger partial charge in [0, 0.05) is 16.5 Å². The van der Waals surface area contributed by atoms with Gasteiger partial charge in [-0.1, -0.05) is 59.5 Å². The number of nitrogens with one attached hydrogen (secondary N) is 1. The van der Waals surface area contributed by atoms with Crippen molar-refractivity contribution in [2.75, 3.05) is 13.1 Å². The normalized spacial score (nSPS) is 19.6. The average Bonchev–Trinajstić information content (AvgIpc) is 3.08. The Bertz CT molecular complexity index is 870. The molecule has 4 heteroatoms. The van der Waals surface area contributed by atoms with Crippen LogP contribution < -0.4 is 5.32 Å². The molecular formula is C26H32BrN2O+. The molecule has 3 nitrogen and oxygen atoms in total. The molecule has 0 radical (unpaired) electrons. The van der Waals surface area contributed by atoms with Gasteiger partial charge in [-0.25, -0.2) is 4.58 Å². The molecular weight excluding hydrogens is 436 g/mol. The topological polar surface area (TPSA) is 32.1 Å². The van der Waals surface area contributed by atoms with Gasteiger partial charge >= 0.3 is 0 Å². The summed E-state index contributed by atoms with van der Waals surface area (Å²) < 4.78 is 3.23. The second kappa shape index (κ2) is 10.4. The van der Waals surface area contributed by atoms with Crippen LogP contribution in [-0.4, -0.2) is 29.3 Å². The monoisotopic (exact) mass is 467 g/mol. The first-order valence-electron chi connectivity index (χ1n) is 11.5. The fourth-order valence-electron chi connectivity index (χ4n) is 4.72. The highest BCUT2D eigenvalue weighted by molar-refractivity contribution is 9.10. The van der Waals surface area contributed by atoms with Crippen molar-refractivity contribution in [1.82, 2.24) is 5.32 Å². The van der Waals surface area contributed by atoms with E-state index in [-0.39, 0.29) is 5.78 Å². The summed E-state index contributed by atoms with van der Waals surface area (Å²) in [4.78, 5) is 13.2. The van der Waals surface area contributed by atoms with Crippen LogP contribution in [-0.2, 0) is 0 Å². The van der Waals surface area contributed by atoms with Crippen molar-refractivity contribution >= 4 is 33.2 Å². The van der Waals surface area contributed by atoms with Crippen LogP contribution in [0.2, 0.25) is 0 Å². The maximum atomic E-state index is 13.2. The van der Waals surface area contributed by atoms with Gasteiger partial charge in [0.25, 0.3) is 0 Å². The van der Waals surface area contributed by atoms with E-state index >= 15 is 0 Å². The van der Waals surface area contributed by atoms with E-state index in [1.165, 1.54) is 62.8 Å². The Morgan fingerprint density at radius 2 is 1.60 bits per heavy atom. The average molecular weight is 468 g/mol. The van der Waals surface area contributed by atoms with Crippen molar-refractivity contribution in [2.45, 2.75) is 63.7 Å². The van der Waals surface area contributed by atoms with Crippen LogP contribution >= 0.6 is 15.9 Å². The first kappa shape index (κ1) is 21.3. The zero-order valence-corrected chi connectivity index (χ0v) is 19.3. The number of benzene rings is 2. The summed E-state index contributed by atoms with van der Waals surface area (Å²) in [5.41, 5.74) is 3.27. The summed E-state index contributed by atoms with van der Waals surface area (Å²) in [6.07, 6.45) is 11.2. The molecule has 2 aromatic carbocycles.